The molecule has 0 aliphatic rings. The van der Waals surface area contributed by atoms with Crippen molar-refractivity contribution in [2.75, 3.05) is 22.9 Å². The molecule has 0 bridgehead atoms. The van der Waals surface area contributed by atoms with Crippen LogP contribution in [0.2, 0.25) is 5.02 Å². The van der Waals surface area contributed by atoms with Crippen molar-refractivity contribution in [3.8, 4) is 17.1 Å². The van der Waals surface area contributed by atoms with Crippen LogP contribution in [0.25, 0.3) is 22.2 Å². The predicted octanol–water partition coefficient (Wildman–Crippen LogP) is 6.30. The van der Waals surface area contributed by atoms with E-state index in [2.05, 4.69) is 20.6 Å². The number of hydrogen-bond donors (Lipinski definition) is 2. The van der Waals surface area contributed by atoms with Crippen molar-refractivity contribution < 1.29 is 22.3 Å². The van der Waals surface area contributed by atoms with Gasteiger partial charge in [-0.1, -0.05) is 34.8 Å². The minimum Gasteiger partial charge on any atom is -0.772 e. The summed E-state index contributed by atoms with van der Waals surface area (Å²) in [7, 11) is 0. The first-order valence-corrected chi connectivity index (χ1v) is 13.2. The van der Waals surface area contributed by atoms with Crippen molar-refractivity contribution in [1.82, 2.24) is 9.97 Å². The molecule has 0 aliphatic carbocycles. The number of benzene rings is 3. The molecule has 5 aromatic rings. The van der Waals surface area contributed by atoms with Crippen molar-refractivity contribution in [3.05, 3.63) is 95.5 Å². The molecule has 194 valence electrons. The Bertz CT molecular complexity index is 1610. The number of aromatic nitrogens is 2. The number of furan rings is 1. The van der Waals surface area contributed by atoms with Gasteiger partial charge in [-0.15, -0.1) is 0 Å². The molecule has 11 heteroatoms. The van der Waals surface area contributed by atoms with E-state index in [1.54, 1.807) is 36.4 Å². The van der Waals surface area contributed by atoms with Crippen LogP contribution in [0.1, 0.15) is 5.56 Å². The molecule has 38 heavy (non-hydrogen) atoms. The van der Waals surface area contributed by atoms with Gasteiger partial charge >= 0.3 is 0 Å². The zero-order chi connectivity index (χ0) is 26.5. The zero-order valence-electron chi connectivity index (χ0n) is 19.8. The second-order valence-electron chi connectivity index (χ2n) is 8.24. The Morgan fingerprint density at radius 1 is 1.05 bits per heavy atom. The average molecular weight is 552 g/mol. The summed E-state index contributed by atoms with van der Waals surface area (Å²) in [4.78, 5) is 8.75. The lowest BCUT2D eigenvalue weighted by atomic mass is 10.1. The molecule has 0 saturated carbocycles. The minimum atomic E-state index is -2.12. The topological polar surface area (TPSA) is 112 Å². The highest BCUT2D eigenvalue weighted by molar-refractivity contribution is 7.79. The summed E-state index contributed by atoms with van der Waals surface area (Å²) >= 11 is 4.33. The fourth-order valence-electron chi connectivity index (χ4n) is 3.78. The predicted molar refractivity (Wildman–Crippen MR) is 145 cm³/mol. The number of halogens is 2. The number of nitrogens with zero attached hydrogens (tertiary/aromatic N) is 2. The molecule has 3 aromatic carbocycles. The third-order valence-electron chi connectivity index (χ3n) is 5.57. The van der Waals surface area contributed by atoms with E-state index >= 15 is 0 Å². The van der Waals surface area contributed by atoms with Gasteiger partial charge in [-0.3, -0.25) is 4.21 Å². The second kappa shape index (κ2) is 11.6. The van der Waals surface area contributed by atoms with Crippen LogP contribution in [0.4, 0.5) is 21.8 Å². The number of anilines is 3. The van der Waals surface area contributed by atoms with Crippen molar-refractivity contribution >= 4 is 51.0 Å². The first-order valence-electron chi connectivity index (χ1n) is 11.5. The fourth-order valence-corrected chi connectivity index (χ4v) is 4.28. The summed E-state index contributed by atoms with van der Waals surface area (Å²) in [6, 6.07) is 20.7. The lowest BCUT2D eigenvalue weighted by Crippen LogP contribution is -2.09. The van der Waals surface area contributed by atoms with Crippen molar-refractivity contribution in [3.63, 3.8) is 0 Å². The molecule has 0 fully saturated rings. The summed E-state index contributed by atoms with van der Waals surface area (Å²) in [5.41, 5.74) is 2.92. The molecule has 0 saturated heterocycles. The molecule has 8 nitrogen and oxygen atoms in total. The molecule has 5 rings (SSSR count). The standard InChI is InChI=1S/C27H22ClFN4O4S/c28-22-14-20(5-7-25(22)36-15-17-2-1-3-19(29)12-17)33-27-21-13-18(4-6-23(21)31-16-32-27)24-8-9-26(37-24)30-10-11-38(34)35/h1-9,12-14,16,30H,10-11,15H2,(H,34,35)(H,31,32,33)/p-1. The van der Waals surface area contributed by atoms with E-state index in [-0.39, 0.29) is 24.7 Å². The molecule has 2 N–H and O–H groups in total. The van der Waals surface area contributed by atoms with E-state index < -0.39 is 11.1 Å². The highest BCUT2D eigenvalue weighted by atomic mass is 35.5. The van der Waals surface area contributed by atoms with Crippen molar-refractivity contribution in [1.29, 1.82) is 0 Å². The van der Waals surface area contributed by atoms with Crippen LogP contribution < -0.4 is 15.4 Å². The van der Waals surface area contributed by atoms with E-state index in [9.17, 15) is 13.2 Å². The number of rotatable bonds is 10. The van der Waals surface area contributed by atoms with Crippen LogP contribution in [0.5, 0.6) is 5.75 Å². The third kappa shape index (κ3) is 6.28. The number of ether oxygens (including phenoxy) is 1. The summed E-state index contributed by atoms with van der Waals surface area (Å²) in [5.74, 6) is 1.79. The smallest absolute Gasteiger partial charge is 0.193 e. The first-order chi connectivity index (χ1) is 18.4. The molecule has 0 amide bonds. The van der Waals surface area contributed by atoms with Gasteiger partial charge in [0.1, 0.15) is 36.1 Å². The van der Waals surface area contributed by atoms with Crippen LogP contribution in [0.3, 0.4) is 0 Å². The highest BCUT2D eigenvalue weighted by Crippen LogP contribution is 2.33. The Kier molecular flexibility index (Phi) is 7.83. The molecule has 1 unspecified atom stereocenters. The van der Waals surface area contributed by atoms with Gasteiger partial charge in [0.25, 0.3) is 0 Å². The molecule has 0 spiro atoms. The zero-order valence-corrected chi connectivity index (χ0v) is 21.4. The van der Waals surface area contributed by atoms with Crippen LogP contribution in [-0.4, -0.2) is 31.0 Å². The second-order valence-corrected chi connectivity index (χ2v) is 9.66. The molecule has 0 aliphatic heterocycles. The summed E-state index contributed by atoms with van der Waals surface area (Å²) in [5, 5.41) is 7.37. The Labute approximate surface area is 225 Å². The summed E-state index contributed by atoms with van der Waals surface area (Å²) in [6.07, 6.45) is 1.47. The molecular weight excluding hydrogens is 531 g/mol. The Balaban J connectivity index is 1.32. The summed E-state index contributed by atoms with van der Waals surface area (Å²) < 4.78 is 46.4. The molecule has 2 aromatic heterocycles. The van der Waals surface area contributed by atoms with Crippen molar-refractivity contribution in [2.45, 2.75) is 6.61 Å². The fraction of sp³-hybridized carbons (Fsp3) is 0.111. The summed E-state index contributed by atoms with van der Waals surface area (Å²) in [6.45, 7) is 0.436. The maximum atomic E-state index is 13.4. The Morgan fingerprint density at radius 2 is 1.95 bits per heavy atom. The Morgan fingerprint density at radius 3 is 2.76 bits per heavy atom. The van der Waals surface area contributed by atoms with E-state index in [0.717, 1.165) is 16.5 Å². The SMILES string of the molecule is O=S([O-])CCNc1ccc(-c2ccc3ncnc(Nc4ccc(OCc5cccc(F)c5)c(Cl)c4)c3c2)o1. The number of fused-ring (bicyclic) bond motifs is 1. The third-order valence-corrected chi connectivity index (χ3v) is 6.40. The molecule has 0 radical (unpaired) electrons. The molecule has 2 heterocycles. The van der Waals surface area contributed by atoms with Gasteiger partial charge in [0.2, 0.25) is 0 Å². The van der Waals surface area contributed by atoms with Gasteiger partial charge in [0, 0.05) is 35.0 Å². The van der Waals surface area contributed by atoms with E-state index in [0.29, 0.717) is 39.5 Å². The maximum absolute atomic E-state index is 13.4. The van der Waals surface area contributed by atoms with Gasteiger partial charge < -0.3 is 24.3 Å². The molecular formula is C27H21ClFN4O4S-. The van der Waals surface area contributed by atoms with E-state index in [4.69, 9.17) is 20.8 Å². The van der Waals surface area contributed by atoms with Gasteiger partial charge in [-0.2, -0.15) is 0 Å². The lowest BCUT2D eigenvalue weighted by molar-refractivity contribution is 0.306. The van der Waals surface area contributed by atoms with Gasteiger partial charge in [0.05, 0.1) is 10.5 Å². The minimum absolute atomic E-state index is 0.0114. The largest absolute Gasteiger partial charge is 0.772 e. The number of hydrogen-bond acceptors (Lipinski definition) is 8. The van der Waals surface area contributed by atoms with Crippen LogP contribution >= 0.6 is 11.6 Å². The average Bonchev–Trinajstić information content (AvgIpc) is 3.37. The van der Waals surface area contributed by atoms with Gasteiger partial charge in [-0.05, 0) is 60.2 Å². The van der Waals surface area contributed by atoms with Crippen LogP contribution in [0, 0.1) is 5.82 Å². The van der Waals surface area contributed by atoms with E-state index in [1.165, 1.54) is 18.5 Å². The molecule has 1 atom stereocenters. The number of nitrogens with one attached hydrogen (secondary N) is 2. The maximum Gasteiger partial charge on any atom is 0.193 e. The Hall–Kier alpha value is -3.99. The van der Waals surface area contributed by atoms with E-state index in [1.807, 2.05) is 24.3 Å². The van der Waals surface area contributed by atoms with Crippen LogP contribution in [-0.2, 0) is 17.7 Å². The van der Waals surface area contributed by atoms with Gasteiger partial charge in [-0.25, -0.2) is 14.4 Å². The first kappa shape index (κ1) is 25.7. The lowest BCUT2D eigenvalue weighted by Gasteiger charge is -2.12. The quantitative estimate of drug-likeness (QED) is 0.195. The highest BCUT2D eigenvalue weighted by Gasteiger charge is 2.11. The monoisotopic (exact) mass is 551 g/mol. The normalized spacial score (nSPS) is 11.9. The van der Waals surface area contributed by atoms with Crippen LogP contribution in [0.15, 0.2) is 83.5 Å². The van der Waals surface area contributed by atoms with Crippen molar-refractivity contribution in [2.24, 2.45) is 0 Å². The van der Waals surface area contributed by atoms with Gasteiger partial charge in [0.15, 0.2) is 5.88 Å².